The molecule has 2 aromatic carbocycles. The van der Waals surface area contributed by atoms with Crippen LogP contribution in [0.3, 0.4) is 0 Å². The Balaban J connectivity index is 1.95. The van der Waals surface area contributed by atoms with Crippen molar-refractivity contribution in [3.63, 3.8) is 0 Å². The number of pyridine rings is 1. The Morgan fingerprint density at radius 3 is 2.28 bits per heavy atom. The number of benzene rings is 2. The van der Waals surface area contributed by atoms with Crippen LogP contribution in [0, 0.1) is 0 Å². The van der Waals surface area contributed by atoms with Crippen molar-refractivity contribution in [1.82, 2.24) is 4.57 Å². The largest absolute Gasteiger partial charge is 0.494 e. The van der Waals surface area contributed by atoms with Crippen LogP contribution in [0.5, 0.6) is 17.2 Å². The van der Waals surface area contributed by atoms with E-state index in [1.807, 2.05) is 48.5 Å². The van der Waals surface area contributed by atoms with E-state index in [0.29, 0.717) is 25.6 Å². The van der Waals surface area contributed by atoms with Gasteiger partial charge >= 0.3 is 0 Å². The van der Waals surface area contributed by atoms with Crippen LogP contribution < -0.4 is 19.8 Å². The van der Waals surface area contributed by atoms with Gasteiger partial charge in [-0.1, -0.05) is 69.9 Å². The summed E-state index contributed by atoms with van der Waals surface area (Å²) in [5.41, 5.74) is 1.61. The zero-order chi connectivity index (χ0) is 22.8. The van der Waals surface area contributed by atoms with E-state index in [-0.39, 0.29) is 11.3 Å². The van der Waals surface area contributed by atoms with Gasteiger partial charge in [-0.05, 0) is 30.5 Å². The molecule has 0 atom stereocenters. The van der Waals surface area contributed by atoms with E-state index in [2.05, 4.69) is 13.8 Å². The molecule has 0 radical (unpaired) electrons. The second kappa shape index (κ2) is 12.2. The van der Waals surface area contributed by atoms with E-state index >= 15 is 0 Å². The first-order valence-electron chi connectivity index (χ1n) is 11.7. The predicted octanol–water partition coefficient (Wildman–Crippen LogP) is 6.26. The number of ether oxygens (including phenoxy) is 3. The molecular weight excluding hydrogens is 402 g/mol. The monoisotopic (exact) mass is 437 g/mol. The van der Waals surface area contributed by atoms with E-state index in [0.717, 1.165) is 60.7 Å². The molecule has 3 rings (SSSR count). The minimum atomic E-state index is -0.193. The van der Waals surface area contributed by atoms with Crippen molar-refractivity contribution in [2.45, 2.75) is 59.0 Å². The predicted molar refractivity (Wildman–Crippen MR) is 130 cm³/mol. The minimum absolute atomic E-state index is 0.193. The summed E-state index contributed by atoms with van der Waals surface area (Å²) in [6, 6.07) is 15.7. The van der Waals surface area contributed by atoms with Crippen molar-refractivity contribution in [1.29, 1.82) is 0 Å². The third kappa shape index (κ3) is 6.06. The highest BCUT2D eigenvalue weighted by Crippen LogP contribution is 2.35. The molecule has 32 heavy (non-hydrogen) atoms. The average molecular weight is 438 g/mol. The van der Waals surface area contributed by atoms with Crippen molar-refractivity contribution in [2.75, 3.05) is 13.2 Å². The molecule has 0 saturated heterocycles. The molecule has 0 fully saturated rings. The quantitative estimate of drug-likeness (QED) is 0.296. The van der Waals surface area contributed by atoms with Crippen molar-refractivity contribution in [3.05, 3.63) is 64.4 Å². The van der Waals surface area contributed by atoms with Gasteiger partial charge in [-0.15, -0.1) is 0 Å². The van der Waals surface area contributed by atoms with E-state index in [4.69, 9.17) is 14.2 Å². The van der Waals surface area contributed by atoms with Crippen LogP contribution in [0.2, 0.25) is 0 Å². The lowest BCUT2D eigenvalue weighted by atomic mass is 10.1. The standard InChI is InChI=1S/C27H35NO4/c1-4-6-8-12-18-31-26-25(32-20-21-13-10-9-11-14-21)23-16-15-22(30-17-7-5-2)19-24(23)28(3)27(26)29/h9-11,13-16,19H,4-8,12,17-18,20H2,1-3H3. The number of unbranched alkanes of at least 4 members (excludes halogenated alkanes) is 4. The zero-order valence-electron chi connectivity index (χ0n) is 19.6. The molecule has 1 heterocycles. The third-order valence-corrected chi connectivity index (χ3v) is 5.52. The van der Waals surface area contributed by atoms with Crippen LogP contribution in [0.4, 0.5) is 0 Å². The van der Waals surface area contributed by atoms with Crippen LogP contribution in [-0.4, -0.2) is 17.8 Å². The molecule has 0 saturated carbocycles. The molecule has 3 aromatic rings. The van der Waals surface area contributed by atoms with Gasteiger partial charge in [0, 0.05) is 18.5 Å². The number of rotatable bonds is 13. The van der Waals surface area contributed by atoms with Crippen molar-refractivity contribution < 1.29 is 14.2 Å². The number of hydrogen-bond donors (Lipinski definition) is 0. The van der Waals surface area contributed by atoms with Gasteiger partial charge in [0.25, 0.3) is 5.56 Å². The molecule has 172 valence electrons. The molecule has 5 nitrogen and oxygen atoms in total. The first kappa shape index (κ1) is 23.7. The summed E-state index contributed by atoms with van der Waals surface area (Å²) < 4.78 is 19.7. The molecule has 0 N–H and O–H groups in total. The number of fused-ring (bicyclic) bond motifs is 1. The fraction of sp³-hybridized carbons (Fsp3) is 0.444. The summed E-state index contributed by atoms with van der Waals surface area (Å²) in [4.78, 5) is 13.2. The Morgan fingerprint density at radius 2 is 1.53 bits per heavy atom. The summed E-state index contributed by atoms with van der Waals surface area (Å²) >= 11 is 0. The first-order chi connectivity index (χ1) is 15.7. The van der Waals surface area contributed by atoms with Crippen molar-refractivity contribution in [2.24, 2.45) is 7.05 Å². The number of hydrogen-bond acceptors (Lipinski definition) is 4. The molecule has 1 aromatic heterocycles. The van der Waals surface area contributed by atoms with Crippen LogP contribution >= 0.6 is 0 Å². The molecule has 0 aliphatic rings. The summed E-state index contributed by atoms with van der Waals surface area (Å²) in [6.45, 7) is 5.83. The fourth-order valence-corrected chi connectivity index (χ4v) is 3.59. The Labute approximate surface area is 190 Å². The lowest BCUT2D eigenvalue weighted by molar-refractivity contribution is 0.256. The highest BCUT2D eigenvalue weighted by Gasteiger charge is 2.19. The fourth-order valence-electron chi connectivity index (χ4n) is 3.59. The molecule has 0 spiro atoms. The van der Waals surface area contributed by atoms with E-state index in [9.17, 15) is 4.79 Å². The van der Waals surface area contributed by atoms with Gasteiger partial charge in [-0.25, -0.2) is 0 Å². The maximum Gasteiger partial charge on any atom is 0.297 e. The Morgan fingerprint density at radius 1 is 0.781 bits per heavy atom. The summed E-state index contributed by atoms with van der Waals surface area (Å²) in [5, 5.41) is 0.842. The molecule has 0 aliphatic carbocycles. The summed E-state index contributed by atoms with van der Waals surface area (Å²) in [6.07, 6.45) is 6.39. The van der Waals surface area contributed by atoms with Crippen molar-refractivity contribution >= 4 is 10.9 Å². The summed E-state index contributed by atoms with van der Waals surface area (Å²) in [5.74, 6) is 1.54. The molecule has 0 aliphatic heterocycles. The highest BCUT2D eigenvalue weighted by molar-refractivity contribution is 5.89. The number of nitrogens with zero attached hydrogens (tertiary/aromatic N) is 1. The average Bonchev–Trinajstić information content (AvgIpc) is 2.82. The van der Waals surface area contributed by atoms with E-state index in [1.54, 1.807) is 11.6 Å². The maximum absolute atomic E-state index is 13.2. The lowest BCUT2D eigenvalue weighted by Crippen LogP contribution is -2.21. The Hall–Kier alpha value is -2.95. The van der Waals surface area contributed by atoms with Gasteiger partial charge < -0.3 is 18.8 Å². The minimum Gasteiger partial charge on any atom is -0.494 e. The molecule has 0 amide bonds. The Bertz CT molecular complexity index is 1040. The second-order valence-corrected chi connectivity index (χ2v) is 8.09. The zero-order valence-corrected chi connectivity index (χ0v) is 19.6. The van der Waals surface area contributed by atoms with Gasteiger partial charge in [0.05, 0.1) is 18.7 Å². The van der Waals surface area contributed by atoms with Crippen LogP contribution in [-0.2, 0) is 13.7 Å². The van der Waals surface area contributed by atoms with Gasteiger partial charge in [0.2, 0.25) is 5.75 Å². The van der Waals surface area contributed by atoms with Gasteiger partial charge in [-0.3, -0.25) is 4.79 Å². The van der Waals surface area contributed by atoms with Gasteiger partial charge in [0.15, 0.2) is 5.75 Å². The molecule has 5 heteroatoms. The second-order valence-electron chi connectivity index (χ2n) is 8.09. The first-order valence-corrected chi connectivity index (χ1v) is 11.7. The van der Waals surface area contributed by atoms with Crippen molar-refractivity contribution in [3.8, 4) is 17.2 Å². The van der Waals surface area contributed by atoms with Crippen LogP contribution in [0.15, 0.2) is 53.3 Å². The van der Waals surface area contributed by atoms with Crippen LogP contribution in [0.25, 0.3) is 10.9 Å². The summed E-state index contributed by atoms with van der Waals surface area (Å²) in [7, 11) is 1.77. The third-order valence-electron chi connectivity index (χ3n) is 5.52. The van der Waals surface area contributed by atoms with E-state index in [1.165, 1.54) is 0 Å². The molecule has 0 bridgehead atoms. The molecule has 0 unspecified atom stereocenters. The number of aryl methyl sites for hydroxylation is 1. The topological polar surface area (TPSA) is 49.7 Å². The lowest BCUT2D eigenvalue weighted by Gasteiger charge is -2.18. The Kier molecular flexibility index (Phi) is 9.02. The molecular formula is C27H35NO4. The van der Waals surface area contributed by atoms with Gasteiger partial charge in [-0.2, -0.15) is 0 Å². The van der Waals surface area contributed by atoms with Gasteiger partial charge in [0.1, 0.15) is 12.4 Å². The number of aromatic nitrogens is 1. The maximum atomic E-state index is 13.2. The highest BCUT2D eigenvalue weighted by atomic mass is 16.5. The SMILES string of the molecule is CCCCCCOc1c(OCc2ccccc2)c2ccc(OCCCC)cc2n(C)c1=O. The van der Waals surface area contributed by atoms with E-state index < -0.39 is 0 Å². The van der Waals surface area contributed by atoms with Crippen LogP contribution in [0.1, 0.15) is 57.9 Å². The smallest absolute Gasteiger partial charge is 0.297 e. The normalized spacial score (nSPS) is 11.0.